The van der Waals surface area contributed by atoms with Gasteiger partial charge in [0, 0.05) is 6.08 Å². The highest BCUT2D eigenvalue weighted by Gasteiger charge is 2.70. The van der Waals surface area contributed by atoms with Gasteiger partial charge in [-0.2, -0.15) is 9.66 Å². The summed E-state index contributed by atoms with van der Waals surface area (Å²) in [6.45, 7) is 5.74. The summed E-state index contributed by atoms with van der Waals surface area (Å²) in [5, 5.41) is 15.0. The third-order valence-electron chi connectivity index (χ3n) is 5.47. The first-order valence-electron chi connectivity index (χ1n) is 11.7. The van der Waals surface area contributed by atoms with Gasteiger partial charge in [0.15, 0.2) is 6.10 Å². The van der Waals surface area contributed by atoms with Crippen molar-refractivity contribution in [1.82, 2.24) is 10.4 Å². The predicted octanol–water partition coefficient (Wildman–Crippen LogP) is 1.29. The fraction of sp³-hybridized carbons (Fsp3) is 0.458. The summed E-state index contributed by atoms with van der Waals surface area (Å²) < 4.78 is 67.3. The Labute approximate surface area is 222 Å². The monoisotopic (exact) mass is 572 g/mol. The van der Waals surface area contributed by atoms with Crippen LogP contribution < -0.4 is 14.9 Å². The van der Waals surface area contributed by atoms with Gasteiger partial charge >= 0.3 is 25.9 Å². The summed E-state index contributed by atoms with van der Waals surface area (Å²) in [6.07, 6.45) is -3.83. The largest absolute Gasteiger partial charge is 0.462 e. The first kappa shape index (κ1) is 30.3. The molecule has 15 heteroatoms. The number of hydrogen-bond acceptors (Lipinski definition) is 9. The lowest BCUT2D eigenvalue weighted by atomic mass is 9.94. The van der Waals surface area contributed by atoms with E-state index < -0.39 is 74.7 Å². The number of carbonyl (C=O) groups excluding carboxylic acids is 3. The van der Waals surface area contributed by atoms with Crippen LogP contribution in [-0.2, 0) is 32.9 Å². The zero-order valence-corrected chi connectivity index (χ0v) is 22.2. The number of carbonyl (C=O) groups is 3. The molecule has 1 fully saturated rings. The number of hydrogen-bond donors (Lipinski definition) is 3. The van der Waals surface area contributed by atoms with Crippen molar-refractivity contribution < 1.29 is 55.9 Å². The highest BCUT2D eigenvalue weighted by molar-refractivity contribution is 7.52. The van der Waals surface area contributed by atoms with E-state index in [1.807, 2.05) is 5.32 Å². The molecule has 0 aliphatic carbocycles. The molecule has 0 radical (unpaired) electrons. The van der Waals surface area contributed by atoms with E-state index in [0.29, 0.717) is 6.08 Å². The number of nitrogens with zero attached hydrogens (tertiary/aromatic N) is 1. The van der Waals surface area contributed by atoms with Gasteiger partial charge in [0.1, 0.15) is 18.4 Å². The first-order valence-corrected chi connectivity index (χ1v) is 13.3. The van der Waals surface area contributed by atoms with Crippen LogP contribution in [0.1, 0.15) is 20.8 Å². The van der Waals surface area contributed by atoms with E-state index in [1.54, 1.807) is 32.0 Å². The molecule has 0 aromatic heterocycles. The Hall–Kier alpha value is -3.25. The van der Waals surface area contributed by atoms with Gasteiger partial charge in [-0.15, -0.1) is 5.73 Å². The van der Waals surface area contributed by atoms with E-state index in [2.05, 4.69) is 17.4 Å². The molecule has 2 aliphatic rings. The summed E-state index contributed by atoms with van der Waals surface area (Å²) in [4.78, 5) is 35.9. The number of para-hydroxylation sites is 1. The number of alkyl halides is 2. The van der Waals surface area contributed by atoms with Crippen LogP contribution in [0.4, 0.5) is 8.78 Å². The van der Waals surface area contributed by atoms with Gasteiger partial charge in [-0.3, -0.25) is 29.0 Å². The molecule has 2 aliphatic heterocycles. The second kappa shape index (κ2) is 11.9. The minimum atomic E-state index is -4.63. The molecule has 39 heavy (non-hydrogen) atoms. The molecular formula is C24H29F2N3O9P+. The average Bonchev–Trinajstić information content (AvgIpc) is 3.04. The van der Waals surface area contributed by atoms with Crippen molar-refractivity contribution in [3.8, 4) is 5.75 Å². The summed E-state index contributed by atoms with van der Waals surface area (Å²) in [6, 6.07) is 6.29. The van der Waals surface area contributed by atoms with Crippen molar-refractivity contribution in [3.05, 3.63) is 48.7 Å². The Balaban J connectivity index is 1.89. The zero-order chi connectivity index (χ0) is 29.0. The smallest absolute Gasteiger partial charge is 0.459 e. The van der Waals surface area contributed by atoms with E-state index >= 15 is 8.78 Å². The van der Waals surface area contributed by atoms with E-state index in [0.717, 1.165) is 10.8 Å². The average molecular weight is 572 g/mol. The van der Waals surface area contributed by atoms with Gasteiger partial charge in [0.2, 0.25) is 12.8 Å². The fourth-order valence-electron chi connectivity index (χ4n) is 3.78. The van der Waals surface area contributed by atoms with Crippen LogP contribution in [0.5, 0.6) is 5.75 Å². The van der Waals surface area contributed by atoms with Crippen molar-refractivity contribution in [2.45, 2.75) is 56.8 Å². The Morgan fingerprint density at radius 2 is 2.03 bits per heavy atom. The Morgan fingerprint density at radius 3 is 2.62 bits per heavy atom. The van der Waals surface area contributed by atoms with Crippen molar-refractivity contribution in [2.24, 2.45) is 0 Å². The van der Waals surface area contributed by atoms with Crippen LogP contribution in [0, 0.1) is 0 Å². The second-order valence-corrected chi connectivity index (χ2v) is 10.8. The number of aliphatic hydroxyl groups excluding tert-OH is 1. The maximum absolute atomic E-state index is 16.0. The van der Waals surface area contributed by atoms with E-state index in [-0.39, 0.29) is 5.75 Å². The minimum absolute atomic E-state index is 0.0123. The number of nitrogens with one attached hydrogen (secondary N) is 2. The first-order chi connectivity index (χ1) is 18.2. The van der Waals surface area contributed by atoms with Gasteiger partial charge in [-0.05, 0) is 32.9 Å². The molecule has 2 heterocycles. The predicted molar refractivity (Wildman–Crippen MR) is 131 cm³/mol. The molecule has 3 rings (SSSR count). The topological polar surface area (TPSA) is 152 Å². The molecule has 0 saturated carbocycles. The van der Waals surface area contributed by atoms with Crippen molar-refractivity contribution in [2.75, 3.05) is 13.2 Å². The summed E-state index contributed by atoms with van der Waals surface area (Å²) in [7, 11) is -4.63. The van der Waals surface area contributed by atoms with Gasteiger partial charge in [0.25, 0.3) is 17.4 Å². The number of rotatable bonds is 11. The Bertz CT molecular complexity index is 1240. The molecule has 0 spiro atoms. The molecule has 12 nitrogen and oxygen atoms in total. The normalized spacial score (nSPS) is 29.1. The van der Waals surface area contributed by atoms with Crippen LogP contribution in [-0.4, -0.2) is 82.8 Å². The van der Waals surface area contributed by atoms with Crippen molar-refractivity contribution in [1.29, 1.82) is 0 Å². The number of aliphatic hydroxyl groups is 1. The van der Waals surface area contributed by atoms with Crippen LogP contribution in [0.2, 0.25) is 0 Å². The maximum Gasteiger partial charge on any atom is 0.459 e. The van der Waals surface area contributed by atoms with E-state index in [4.69, 9.17) is 18.5 Å². The number of esters is 1. The third kappa shape index (κ3) is 7.04. The van der Waals surface area contributed by atoms with Gasteiger partial charge in [-0.25, -0.2) is 13.3 Å². The van der Waals surface area contributed by atoms with Crippen LogP contribution in [0.3, 0.4) is 0 Å². The van der Waals surface area contributed by atoms with E-state index in [1.165, 1.54) is 19.1 Å². The van der Waals surface area contributed by atoms with Crippen LogP contribution in [0.25, 0.3) is 0 Å². The van der Waals surface area contributed by atoms with Crippen molar-refractivity contribution in [3.63, 3.8) is 0 Å². The van der Waals surface area contributed by atoms with Crippen molar-refractivity contribution >= 4 is 31.7 Å². The van der Waals surface area contributed by atoms with Gasteiger partial charge in [0.05, 0.1) is 6.10 Å². The third-order valence-corrected chi connectivity index (χ3v) is 7.09. The van der Waals surface area contributed by atoms with Gasteiger partial charge in [-0.1, -0.05) is 24.8 Å². The number of benzene rings is 1. The molecular weight excluding hydrogens is 543 g/mol. The highest BCUT2D eigenvalue weighted by Crippen LogP contribution is 2.49. The molecule has 1 aromatic carbocycles. The molecule has 212 valence electrons. The Kier molecular flexibility index (Phi) is 9.22. The maximum atomic E-state index is 16.0. The van der Waals surface area contributed by atoms with Crippen LogP contribution >= 0.6 is 7.75 Å². The molecule has 3 N–H and O–H groups in total. The number of ether oxygens (including phenoxy) is 2. The molecule has 0 bridgehead atoms. The standard InChI is InChI=1S/C24H28F2N3O9P/c1-5-11-23(25)21(33)24(26,37-22(23)29-12-18(30)27-19(31)13-29)14-35-39(34,38-17-9-7-6-8-10-17)28-16(4)20(32)36-15(2)3/h6-12,15-16,21-22,33H,1,13-14H2,2-4H3,(H-,27,28,30,31,34)/p+1/t16-,21-,22+,23+,24+,39?/m0/s1. The molecule has 2 amide bonds. The summed E-state index contributed by atoms with van der Waals surface area (Å²) in [5.41, 5.74) is -0.981. The summed E-state index contributed by atoms with van der Waals surface area (Å²) in [5.74, 6) is -5.95. The SMILES string of the molecule is C=C=C[C@]1(F)[C@H]([N+]2=CC(=O)NC(=O)C2)O[C@](F)(COP(=O)(N[C@@H](C)C(=O)OC(C)C)Oc2ccccc2)[C@H]1O. The quantitative estimate of drug-likeness (QED) is 0.116. The van der Waals surface area contributed by atoms with Crippen LogP contribution in [0.15, 0.2) is 48.7 Å². The zero-order valence-electron chi connectivity index (χ0n) is 21.3. The lowest BCUT2D eigenvalue weighted by molar-refractivity contribution is -0.613. The molecule has 1 saturated heterocycles. The molecule has 1 aromatic rings. The summed E-state index contributed by atoms with van der Waals surface area (Å²) >= 11 is 0. The minimum Gasteiger partial charge on any atom is -0.462 e. The lowest BCUT2D eigenvalue weighted by Crippen LogP contribution is -2.54. The van der Waals surface area contributed by atoms with E-state index in [9.17, 15) is 24.1 Å². The van der Waals surface area contributed by atoms with Gasteiger partial charge < -0.3 is 14.4 Å². The number of amides is 2. The molecule has 1 unspecified atom stereocenters. The number of halogens is 2. The molecule has 6 atom stereocenters. The second-order valence-electron chi connectivity index (χ2n) is 9.06. The fourth-order valence-corrected chi connectivity index (χ4v) is 5.28. The Morgan fingerprint density at radius 1 is 1.36 bits per heavy atom. The highest BCUT2D eigenvalue weighted by atomic mass is 31.2. The number of imide groups is 1. The lowest BCUT2D eigenvalue weighted by Gasteiger charge is -2.27.